The van der Waals surface area contributed by atoms with Crippen LogP contribution in [0, 0.1) is 0 Å². The molecular formula is C9H16N2S. The van der Waals surface area contributed by atoms with Crippen LogP contribution in [0.3, 0.4) is 0 Å². The lowest BCUT2D eigenvalue weighted by Gasteiger charge is -2.06. The zero-order valence-electron chi connectivity index (χ0n) is 8.11. The summed E-state index contributed by atoms with van der Waals surface area (Å²) in [4.78, 5) is 5.65. The molecule has 1 aromatic heterocycles. The normalized spacial score (nSPS) is 13.3. The highest BCUT2D eigenvalue weighted by atomic mass is 32.1. The molecule has 0 aliphatic carbocycles. The quantitative estimate of drug-likeness (QED) is 0.672. The molecule has 0 aliphatic rings. The summed E-state index contributed by atoms with van der Waals surface area (Å²) < 4.78 is 2.20. The Bertz CT molecular complexity index is 293. The van der Waals surface area contributed by atoms with Gasteiger partial charge in [-0.15, -0.1) is 11.3 Å². The van der Waals surface area contributed by atoms with Crippen LogP contribution in [0.25, 0.3) is 0 Å². The van der Waals surface area contributed by atoms with E-state index in [0.717, 1.165) is 4.80 Å². The molecule has 0 aromatic carbocycles. The van der Waals surface area contributed by atoms with Gasteiger partial charge in [-0.1, -0.05) is 0 Å². The van der Waals surface area contributed by atoms with Crippen molar-refractivity contribution in [1.82, 2.24) is 4.57 Å². The fraction of sp³-hybridized carbons (Fsp3) is 0.667. The Balaban J connectivity index is 3.07. The minimum Gasteiger partial charge on any atom is -0.321 e. The van der Waals surface area contributed by atoms with Crippen molar-refractivity contribution in [3.05, 3.63) is 16.4 Å². The average Bonchev–Trinajstić information content (AvgIpc) is 2.33. The summed E-state index contributed by atoms with van der Waals surface area (Å²) >= 11 is 1.70. The van der Waals surface area contributed by atoms with E-state index in [1.165, 1.54) is 0 Å². The zero-order valence-corrected chi connectivity index (χ0v) is 8.93. The molecule has 0 saturated heterocycles. The fourth-order valence-electron chi connectivity index (χ4n) is 0.992. The van der Waals surface area contributed by atoms with Crippen LogP contribution in [0.4, 0.5) is 0 Å². The van der Waals surface area contributed by atoms with E-state index in [-0.39, 0.29) is 0 Å². The SMILES string of the molecule is CC(C)/N=c1\sccn1C(C)C. The molecular weight excluding hydrogens is 168 g/mol. The predicted octanol–water partition coefficient (Wildman–Crippen LogP) is 2.44. The van der Waals surface area contributed by atoms with Gasteiger partial charge in [0.1, 0.15) is 0 Å². The average molecular weight is 184 g/mol. The first-order chi connectivity index (χ1) is 5.61. The molecule has 68 valence electrons. The lowest BCUT2D eigenvalue weighted by Crippen LogP contribution is -2.17. The Kier molecular flexibility index (Phi) is 3.09. The van der Waals surface area contributed by atoms with E-state index in [0.29, 0.717) is 12.1 Å². The van der Waals surface area contributed by atoms with Gasteiger partial charge in [-0.3, -0.25) is 4.99 Å². The second-order valence-corrected chi connectivity index (χ2v) is 4.28. The van der Waals surface area contributed by atoms with Crippen molar-refractivity contribution < 1.29 is 0 Å². The summed E-state index contributed by atoms with van der Waals surface area (Å²) in [7, 11) is 0. The van der Waals surface area contributed by atoms with Crippen molar-refractivity contribution in [3.8, 4) is 0 Å². The van der Waals surface area contributed by atoms with Crippen LogP contribution in [0.15, 0.2) is 16.6 Å². The van der Waals surface area contributed by atoms with Crippen molar-refractivity contribution in [2.75, 3.05) is 0 Å². The lowest BCUT2D eigenvalue weighted by molar-refractivity contribution is 0.574. The molecule has 3 heteroatoms. The first kappa shape index (κ1) is 9.52. The predicted molar refractivity (Wildman–Crippen MR) is 53.4 cm³/mol. The number of thiazole rings is 1. The maximum atomic E-state index is 4.52. The second kappa shape index (κ2) is 3.90. The molecule has 0 fully saturated rings. The van der Waals surface area contributed by atoms with E-state index in [1.54, 1.807) is 11.3 Å². The number of rotatable bonds is 2. The highest BCUT2D eigenvalue weighted by molar-refractivity contribution is 7.07. The van der Waals surface area contributed by atoms with Crippen molar-refractivity contribution in [3.63, 3.8) is 0 Å². The van der Waals surface area contributed by atoms with Gasteiger partial charge in [0.25, 0.3) is 0 Å². The molecule has 2 nitrogen and oxygen atoms in total. The number of hydrogen-bond acceptors (Lipinski definition) is 2. The smallest absolute Gasteiger partial charge is 0.185 e. The molecule has 1 aromatic rings. The highest BCUT2D eigenvalue weighted by Crippen LogP contribution is 2.01. The molecule has 0 bridgehead atoms. The van der Waals surface area contributed by atoms with Crippen LogP contribution in [-0.2, 0) is 0 Å². The third-order valence-corrected chi connectivity index (χ3v) is 2.33. The number of aromatic nitrogens is 1. The Hall–Kier alpha value is -0.570. The molecule has 0 N–H and O–H groups in total. The summed E-state index contributed by atoms with van der Waals surface area (Å²) in [5.74, 6) is 0. The molecule has 12 heavy (non-hydrogen) atoms. The molecule has 0 atom stereocenters. The lowest BCUT2D eigenvalue weighted by atomic mass is 10.4. The van der Waals surface area contributed by atoms with Crippen molar-refractivity contribution >= 4 is 11.3 Å². The van der Waals surface area contributed by atoms with E-state index in [4.69, 9.17) is 0 Å². The minimum absolute atomic E-state index is 0.383. The van der Waals surface area contributed by atoms with Crippen LogP contribution in [-0.4, -0.2) is 10.6 Å². The van der Waals surface area contributed by atoms with Crippen molar-refractivity contribution in [2.24, 2.45) is 4.99 Å². The van der Waals surface area contributed by atoms with Gasteiger partial charge in [-0.05, 0) is 27.7 Å². The summed E-state index contributed by atoms with van der Waals surface area (Å²) in [5, 5.41) is 2.08. The van der Waals surface area contributed by atoms with Crippen LogP contribution in [0.1, 0.15) is 33.7 Å². The second-order valence-electron chi connectivity index (χ2n) is 3.41. The zero-order chi connectivity index (χ0) is 9.14. The molecule has 0 aliphatic heterocycles. The van der Waals surface area contributed by atoms with E-state index in [1.807, 2.05) is 0 Å². The summed E-state index contributed by atoms with van der Waals surface area (Å²) in [5.41, 5.74) is 0. The first-order valence-electron chi connectivity index (χ1n) is 4.30. The Morgan fingerprint density at radius 1 is 1.33 bits per heavy atom. The van der Waals surface area contributed by atoms with Crippen LogP contribution < -0.4 is 4.80 Å². The summed E-state index contributed by atoms with van der Waals surface area (Å²) in [6.45, 7) is 8.55. The van der Waals surface area contributed by atoms with Gasteiger partial charge >= 0.3 is 0 Å². The highest BCUT2D eigenvalue weighted by Gasteiger charge is 1.99. The summed E-state index contributed by atoms with van der Waals surface area (Å²) in [6.07, 6.45) is 2.09. The van der Waals surface area contributed by atoms with Crippen LogP contribution in [0.2, 0.25) is 0 Å². The third-order valence-electron chi connectivity index (χ3n) is 1.54. The van der Waals surface area contributed by atoms with E-state index < -0.39 is 0 Å². The minimum atomic E-state index is 0.383. The van der Waals surface area contributed by atoms with Gasteiger partial charge in [-0.25, -0.2) is 0 Å². The largest absolute Gasteiger partial charge is 0.321 e. The molecule has 1 heterocycles. The molecule has 0 radical (unpaired) electrons. The van der Waals surface area contributed by atoms with Gasteiger partial charge in [0, 0.05) is 23.7 Å². The molecule has 1 rings (SSSR count). The Labute approximate surface area is 77.6 Å². The van der Waals surface area contributed by atoms with Crippen LogP contribution >= 0.6 is 11.3 Å². The van der Waals surface area contributed by atoms with E-state index in [9.17, 15) is 0 Å². The first-order valence-corrected chi connectivity index (χ1v) is 5.18. The third kappa shape index (κ3) is 2.21. The molecule has 0 spiro atoms. The summed E-state index contributed by atoms with van der Waals surface area (Å²) in [6, 6.07) is 0.891. The fourth-order valence-corrected chi connectivity index (χ4v) is 1.97. The molecule has 0 saturated carbocycles. The van der Waals surface area contributed by atoms with Gasteiger partial charge in [-0.2, -0.15) is 0 Å². The number of nitrogens with zero attached hydrogens (tertiary/aromatic N) is 2. The van der Waals surface area contributed by atoms with Gasteiger partial charge in [0.05, 0.1) is 0 Å². The van der Waals surface area contributed by atoms with E-state index in [2.05, 4.69) is 48.8 Å². The maximum absolute atomic E-state index is 4.52. The van der Waals surface area contributed by atoms with Gasteiger partial charge in [0.15, 0.2) is 4.80 Å². The van der Waals surface area contributed by atoms with Crippen molar-refractivity contribution in [2.45, 2.75) is 39.8 Å². The number of hydrogen-bond donors (Lipinski definition) is 0. The van der Waals surface area contributed by atoms with Gasteiger partial charge < -0.3 is 4.57 Å². The topological polar surface area (TPSA) is 17.3 Å². The van der Waals surface area contributed by atoms with Gasteiger partial charge in [0.2, 0.25) is 0 Å². The maximum Gasteiger partial charge on any atom is 0.185 e. The monoisotopic (exact) mass is 184 g/mol. The standard InChI is InChI=1S/C9H16N2S/c1-7(2)10-9-11(8(3)4)5-6-12-9/h5-8H,1-4H3/b10-9-. The van der Waals surface area contributed by atoms with Crippen molar-refractivity contribution in [1.29, 1.82) is 0 Å². The Morgan fingerprint density at radius 3 is 2.50 bits per heavy atom. The van der Waals surface area contributed by atoms with Crippen LogP contribution in [0.5, 0.6) is 0 Å². The van der Waals surface area contributed by atoms with E-state index >= 15 is 0 Å². The Morgan fingerprint density at radius 2 is 2.00 bits per heavy atom. The molecule has 0 unspecified atom stereocenters. The molecule has 0 amide bonds.